The van der Waals surface area contributed by atoms with Gasteiger partial charge in [-0.15, -0.1) is 0 Å². The lowest BCUT2D eigenvalue weighted by Gasteiger charge is -2.59. The van der Waals surface area contributed by atoms with Gasteiger partial charge in [0.05, 0.1) is 18.6 Å². The molecule has 1 heterocycles. The molecule has 0 amide bonds. The number of halogens is 1. The Morgan fingerprint density at radius 3 is 2.30 bits per heavy atom. The van der Waals surface area contributed by atoms with E-state index in [2.05, 4.69) is 0 Å². The first-order chi connectivity index (χ1) is 28.1. The Bertz CT molecular complexity index is 2110. The van der Waals surface area contributed by atoms with E-state index in [4.69, 9.17) is 19.9 Å². The van der Waals surface area contributed by atoms with Crippen LogP contribution in [0.25, 0.3) is 0 Å². The second kappa shape index (κ2) is 13.4. The molecule has 16 atom stereocenters. The van der Waals surface area contributed by atoms with Crippen molar-refractivity contribution in [3.63, 3.8) is 0 Å². The predicted molar refractivity (Wildman–Crippen MR) is 209 cm³/mol. The van der Waals surface area contributed by atoms with Crippen LogP contribution < -0.4 is 5.73 Å². The van der Waals surface area contributed by atoms with Gasteiger partial charge in [0.1, 0.15) is 17.2 Å². The highest BCUT2D eigenvalue weighted by Gasteiger charge is 2.88. The smallest absolute Gasteiger partial charge is 0.323 e. The summed E-state index contributed by atoms with van der Waals surface area (Å²) in [5, 5.41) is 35.2. The molecule has 0 aromatic rings. The minimum atomic E-state index is -2.09. The number of rotatable bonds is 9. The van der Waals surface area contributed by atoms with Crippen LogP contribution in [0.5, 0.6) is 0 Å². The highest BCUT2D eigenvalue weighted by molar-refractivity contribution is 6.02. The van der Waals surface area contributed by atoms with E-state index < -0.39 is 112 Å². The summed E-state index contributed by atoms with van der Waals surface area (Å²) < 4.78 is 34.3. The van der Waals surface area contributed by atoms with Crippen molar-refractivity contribution in [3.05, 3.63) is 47.6 Å². The SMILES string of the molecule is C[C@@H]1CC2C3CCC4=CC(=O)C=C[C@]4(C)[C@@]3(F)[C@@H](O)C[C@@]23O[C@]13C(=O)COC(=O)[C@H](N)CC(=O)OCC(=O)[C@@]1(O)CCC2C3CCC4=CC(=O)C=C[C@]4(C)C3[C@@H](O)C[C@@]21C. The fraction of sp³-hybridized carbons (Fsp3) is 0.696. The van der Waals surface area contributed by atoms with Crippen molar-refractivity contribution >= 4 is 35.1 Å². The van der Waals surface area contributed by atoms with Crippen LogP contribution in [0.15, 0.2) is 47.6 Å². The number of esters is 2. The quantitative estimate of drug-likeness (QED) is 0.194. The molecule has 5 N–H and O–H groups in total. The highest BCUT2D eigenvalue weighted by atomic mass is 19.1. The zero-order valence-electron chi connectivity index (χ0n) is 34.6. The lowest BCUT2D eigenvalue weighted by atomic mass is 9.46. The predicted octanol–water partition coefficient (Wildman–Crippen LogP) is 3.06. The first kappa shape index (κ1) is 41.7. The Kier molecular flexibility index (Phi) is 9.31. The standard InChI is InChI=1S/C46H56FNO12/c1-23-15-31-30-8-6-25-17-27(50)10-13-41(25,3)45(30,47)34(52)20-44(31)46(23,60-44)36(54)22-59-39(56)32(48)18-37(55)58-21-35(53)43(57)14-11-29-28-7-5-24-16-26(49)9-12-40(24,2)38(28)33(51)19-42(29,43)4/h9-10,12-13,16-17,23,28-34,38,51-52,57H,5-8,11,14-15,18-22,48H2,1-4H3/t23-,28?,29?,30?,31?,32-,33+,34+,38?,40+,41+,42+,43+,44-,45+,46+/m1/s1. The molecule has 1 saturated heterocycles. The van der Waals surface area contributed by atoms with Crippen LogP contribution in [0.4, 0.5) is 4.39 Å². The monoisotopic (exact) mass is 833 g/mol. The van der Waals surface area contributed by atoms with Crippen molar-refractivity contribution in [3.8, 4) is 0 Å². The normalized spacial score (nSPS) is 48.4. The van der Waals surface area contributed by atoms with Crippen molar-refractivity contribution in [2.24, 2.45) is 57.5 Å². The maximum atomic E-state index is 17.4. The van der Waals surface area contributed by atoms with Gasteiger partial charge >= 0.3 is 11.9 Å². The average molecular weight is 834 g/mol. The molecule has 0 bridgehead atoms. The van der Waals surface area contributed by atoms with E-state index in [1.54, 1.807) is 25.2 Å². The molecule has 13 nitrogen and oxygen atoms in total. The van der Waals surface area contributed by atoms with Gasteiger partial charge in [-0.25, -0.2) is 4.39 Å². The number of ketones is 4. The van der Waals surface area contributed by atoms with E-state index in [-0.39, 0.29) is 54.5 Å². The first-order valence-corrected chi connectivity index (χ1v) is 21.6. The minimum Gasteiger partial charge on any atom is -0.457 e. The second-order valence-electron chi connectivity index (χ2n) is 20.2. The molecule has 324 valence electrons. The molecule has 0 radical (unpaired) electrons. The number of hydrogen-bond acceptors (Lipinski definition) is 13. The van der Waals surface area contributed by atoms with Crippen LogP contribution in [0, 0.1) is 51.8 Å². The molecular weight excluding hydrogens is 777 g/mol. The van der Waals surface area contributed by atoms with Crippen LogP contribution in [0.3, 0.4) is 0 Å². The molecule has 0 aromatic carbocycles. The van der Waals surface area contributed by atoms with Crippen molar-refractivity contribution in [2.45, 2.75) is 133 Å². The van der Waals surface area contributed by atoms with Gasteiger partial charge in [0.25, 0.3) is 0 Å². The molecule has 1 spiro atoms. The van der Waals surface area contributed by atoms with E-state index in [0.29, 0.717) is 44.1 Å². The number of carbonyl (C=O) groups is 6. The van der Waals surface area contributed by atoms with Gasteiger partial charge in [0, 0.05) is 34.5 Å². The number of nitrogens with two attached hydrogens (primary N) is 1. The topological polar surface area (TPSA) is 220 Å². The van der Waals surface area contributed by atoms with Crippen LogP contribution in [-0.2, 0) is 43.0 Å². The molecule has 9 aliphatic rings. The third kappa shape index (κ3) is 5.26. The number of fused-ring (bicyclic) bond motifs is 9. The van der Waals surface area contributed by atoms with Gasteiger partial charge in [-0.2, -0.15) is 0 Å². The van der Waals surface area contributed by atoms with Gasteiger partial charge < -0.3 is 35.3 Å². The van der Waals surface area contributed by atoms with Crippen LogP contribution in [0.1, 0.15) is 91.9 Å². The molecule has 0 aromatic heterocycles. The van der Waals surface area contributed by atoms with E-state index in [0.717, 1.165) is 5.57 Å². The molecule has 8 aliphatic carbocycles. The number of ether oxygens (including phenoxy) is 3. The number of hydrogen-bond donors (Lipinski definition) is 4. The number of epoxide rings is 1. The van der Waals surface area contributed by atoms with Crippen molar-refractivity contribution < 1.29 is 62.7 Å². The zero-order chi connectivity index (χ0) is 43.2. The number of Topliss-reactive ketones (excluding diaryl/α,β-unsaturated/α-hetero) is 2. The average Bonchev–Trinajstić information content (AvgIpc) is 3.70. The molecule has 9 rings (SSSR count). The van der Waals surface area contributed by atoms with Gasteiger partial charge in [-0.1, -0.05) is 44.1 Å². The lowest BCUT2D eigenvalue weighted by Crippen LogP contribution is -2.66. The van der Waals surface area contributed by atoms with Crippen LogP contribution in [-0.4, -0.2) is 104 Å². The van der Waals surface area contributed by atoms with Gasteiger partial charge in [0.15, 0.2) is 36.1 Å². The second-order valence-corrected chi connectivity index (χ2v) is 20.2. The fourth-order valence-corrected chi connectivity index (χ4v) is 14.9. The van der Waals surface area contributed by atoms with E-state index >= 15 is 4.39 Å². The Morgan fingerprint density at radius 2 is 1.57 bits per heavy atom. The summed E-state index contributed by atoms with van der Waals surface area (Å²) in [5.74, 6) is -5.29. The Morgan fingerprint density at radius 1 is 0.900 bits per heavy atom. The van der Waals surface area contributed by atoms with E-state index in [9.17, 15) is 44.1 Å². The molecule has 14 heteroatoms. The fourth-order valence-electron chi connectivity index (χ4n) is 14.9. The minimum absolute atomic E-state index is 0.00702. The van der Waals surface area contributed by atoms with Crippen molar-refractivity contribution in [2.75, 3.05) is 13.2 Å². The van der Waals surface area contributed by atoms with Gasteiger partial charge in [-0.05, 0) is 106 Å². The summed E-state index contributed by atoms with van der Waals surface area (Å²) in [7, 11) is 0. The lowest BCUT2D eigenvalue weighted by molar-refractivity contribution is -0.181. The Balaban J connectivity index is 0.792. The number of aliphatic hydroxyl groups is 3. The van der Waals surface area contributed by atoms with Gasteiger partial charge in [-0.3, -0.25) is 28.8 Å². The summed E-state index contributed by atoms with van der Waals surface area (Å²) >= 11 is 0. The molecule has 1 aliphatic heterocycles. The molecule has 5 unspecified atom stereocenters. The highest BCUT2D eigenvalue weighted by Crippen LogP contribution is 2.76. The summed E-state index contributed by atoms with van der Waals surface area (Å²) in [4.78, 5) is 77.8. The number of aliphatic hydroxyl groups excluding tert-OH is 2. The third-order valence-corrected chi connectivity index (χ3v) is 17.8. The molecular formula is C46H56FNO12. The third-order valence-electron chi connectivity index (χ3n) is 17.8. The Labute approximate surface area is 348 Å². The van der Waals surface area contributed by atoms with Crippen LogP contribution in [0.2, 0.25) is 0 Å². The first-order valence-electron chi connectivity index (χ1n) is 21.6. The molecule has 60 heavy (non-hydrogen) atoms. The van der Waals surface area contributed by atoms with Crippen molar-refractivity contribution in [1.82, 2.24) is 0 Å². The maximum absolute atomic E-state index is 17.4. The summed E-state index contributed by atoms with van der Waals surface area (Å²) in [6, 6.07) is -1.54. The Hall–Kier alpha value is -3.69. The number of carbonyl (C=O) groups excluding carboxylic acids is 6. The van der Waals surface area contributed by atoms with E-state index in [1.807, 2.05) is 26.8 Å². The van der Waals surface area contributed by atoms with E-state index in [1.165, 1.54) is 12.2 Å². The maximum Gasteiger partial charge on any atom is 0.323 e. The number of allylic oxidation sites excluding steroid dienone is 8. The summed E-state index contributed by atoms with van der Waals surface area (Å²) in [6.07, 6.45) is 9.83. The summed E-state index contributed by atoms with van der Waals surface area (Å²) in [5.41, 5.74) is -1.53. The zero-order valence-corrected chi connectivity index (χ0v) is 34.6. The largest absolute Gasteiger partial charge is 0.457 e. The van der Waals surface area contributed by atoms with Crippen molar-refractivity contribution in [1.29, 1.82) is 0 Å². The van der Waals surface area contributed by atoms with Gasteiger partial charge in [0.2, 0.25) is 11.6 Å². The molecule has 6 saturated carbocycles. The molecule has 7 fully saturated rings. The number of alkyl halides is 1. The van der Waals surface area contributed by atoms with Crippen LogP contribution >= 0.6 is 0 Å². The summed E-state index contributed by atoms with van der Waals surface area (Å²) in [6.45, 7) is 5.91.